The first-order chi connectivity index (χ1) is 10.4. The molecule has 2 N–H and O–H groups in total. The number of nitrogens with zero attached hydrogens (tertiary/aromatic N) is 1. The Kier molecular flexibility index (Phi) is 5.42. The van der Waals surface area contributed by atoms with Gasteiger partial charge >= 0.3 is 5.97 Å². The van der Waals surface area contributed by atoms with Crippen LogP contribution >= 0.6 is 7.37 Å². The highest BCUT2D eigenvalue weighted by atomic mass is 31.2. The van der Waals surface area contributed by atoms with Crippen LogP contribution in [-0.2, 0) is 20.6 Å². The fraction of sp³-hybridized carbons (Fsp3) is 0.571. The number of carboxylic acid groups (broad SMARTS) is 1. The van der Waals surface area contributed by atoms with E-state index in [0.717, 1.165) is 19.3 Å². The fourth-order valence-electron chi connectivity index (χ4n) is 2.55. The molecule has 122 valence electrons. The first-order valence-electron chi connectivity index (χ1n) is 7.24. The molecule has 2 heterocycles. The van der Waals surface area contributed by atoms with Gasteiger partial charge in [-0.25, -0.2) is 0 Å². The van der Waals surface area contributed by atoms with Gasteiger partial charge in [0, 0.05) is 19.4 Å². The number of hydrogen-bond acceptors (Lipinski definition) is 4. The third-order valence-electron chi connectivity index (χ3n) is 3.79. The molecular formula is C14H20NO6P. The lowest BCUT2D eigenvalue weighted by molar-refractivity contribution is -0.137. The third-order valence-corrected chi connectivity index (χ3v) is 5.92. The molecule has 1 fully saturated rings. The minimum atomic E-state index is -4.08. The maximum Gasteiger partial charge on any atom is 0.316 e. The summed E-state index contributed by atoms with van der Waals surface area (Å²) in [6.45, 7) is 0.399. The molecule has 1 amide bonds. The Bertz CT molecular complexity index is 570. The van der Waals surface area contributed by atoms with Crippen molar-refractivity contribution in [1.82, 2.24) is 4.90 Å². The van der Waals surface area contributed by atoms with Gasteiger partial charge in [-0.05, 0) is 25.0 Å². The van der Waals surface area contributed by atoms with E-state index in [-0.39, 0.29) is 12.3 Å². The Morgan fingerprint density at radius 2 is 2.18 bits per heavy atom. The molecule has 0 aliphatic carbocycles. The van der Waals surface area contributed by atoms with E-state index in [2.05, 4.69) is 0 Å². The van der Waals surface area contributed by atoms with Crippen LogP contribution in [0.1, 0.15) is 31.4 Å². The maximum absolute atomic E-state index is 12.5. The lowest BCUT2D eigenvalue weighted by Gasteiger charge is -2.26. The average Bonchev–Trinajstić information content (AvgIpc) is 2.88. The predicted octanol–water partition coefficient (Wildman–Crippen LogP) is 1.91. The molecule has 2 rings (SSSR count). The van der Waals surface area contributed by atoms with Gasteiger partial charge in [-0.2, -0.15) is 0 Å². The lowest BCUT2D eigenvalue weighted by atomic mass is 10.2. The van der Waals surface area contributed by atoms with Gasteiger partial charge < -0.3 is 19.3 Å². The normalized spacial score (nSPS) is 20.2. The molecule has 0 radical (unpaired) electrons. The summed E-state index contributed by atoms with van der Waals surface area (Å²) in [6, 6.07) is 3.15. The Labute approximate surface area is 128 Å². The smallest absolute Gasteiger partial charge is 0.316 e. The number of likely N-dealkylation sites (tertiary alicyclic amines) is 1. The summed E-state index contributed by atoms with van der Waals surface area (Å²) in [5.41, 5.74) is -1.48. The molecule has 2 atom stereocenters. The number of hydrogen-bond donors (Lipinski definition) is 2. The van der Waals surface area contributed by atoms with Gasteiger partial charge in [-0.1, -0.05) is 6.42 Å². The number of aliphatic carboxylic acids is 1. The lowest BCUT2D eigenvalue weighted by Crippen LogP contribution is -2.35. The van der Waals surface area contributed by atoms with Gasteiger partial charge in [0.05, 0.1) is 12.5 Å². The molecule has 1 aromatic rings. The molecule has 8 heteroatoms. The summed E-state index contributed by atoms with van der Waals surface area (Å²) < 4.78 is 17.6. The quantitative estimate of drug-likeness (QED) is 0.772. The van der Waals surface area contributed by atoms with Crippen LogP contribution in [0.3, 0.4) is 0 Å². The average molecular weight is 329 g/mol. The zero-order chi connectivity index (χ0) is 16.2. The third kappa shape index (κ3) is 4.21. The molecule has 1 aliphatic heterocycles. The molecule has 0 bridgehead atoms. The number of carbonyl (C=O) groups is 2. The number of carbonyl (C=O) groups excluding carboxylic acids is 1. The summed E-state index contributed by atoms with van der Waals surface area (Å²) >= 11 is 0. The van der Waals surface area contributed by atoms with E-state index >= 15 is 0 Å². The fourth-order valence-corrected chi connectivity index (χ4v) is 4.35. The zero-order valence-electron chi connectivity index (χ0n) is 12.2. The van der Waals surface area contributed by atoms with Crippen LogP contribution in [0.2, 0.25) is 0 Å². The summed E-state index contributed by atoms with van der Waals surface area (Å²) in [5.74, 6) is -1.21. The van der Waals surface area contributed by atoms with Crippen LogP contribution in [0.15, 0.2) is 22.8 Å². The van der Waals surface area contributed by atoms with Crippen LogP contribution in [0.4, 0.5) is 0 Å². The summed E-state index contributed by atoms with van der Waals surface area (Å²) in [5, 5.41) is 9.28. The van der Waals surface area contributed by atoms with Crippen molar-refractivity contribution >= 4 is 19.2 Å². The first-order valence-corrected chi connectivity index (χ1v) is 9.16. The van der Waals surface area contributed by atoms with Gasteiger partial charge in [-0.15, -0.1) is 0 Å². The molecule has 0 saturated carbocycles. The Morgan fingerprint density at radius 3 is 2.82 bits per heavy atom. The van der Waals surface area contributed by atoms with Crippen LogP contribution in [0, 0.1) is 0 Å². The number of amides is 1. The van der Waals surface area contributed by atoms with E-state index in [4.69, 9.17) is 4.42 Å². The molecule has 7 nitrogen and oxygen atoms in total. The minimum absolute atomic E-state index is 0.169. The zero-order valence-corrected chi connectivity index (χ0v) is 13.1. The van der Waals surface area contributed by atoms with Crippen molar-refractivity contribution in [2.45, 2.75) is 37.8 Å². The molecule has 1 aromatic heterocycles. The van der Waals surface area contributed by atoms with E-state index in [0.29, 0.717) is 18.7 Å². The number of carboxylic acids is 1. The van der Waals surface area contributed by atoms with E-state index in [1.165, 1.54) is 11.2 Å². The number of furan rings is 1. The second kappa shape index (κ2) is 7.11. The molecular weight excluding hydrogens is 309 g/mol. The molecule has 2 unspecified atom stereocenters. The second-order valence-electron chi connectivity index (χ2n) is 5.50. The van der Waals surface area contributed by atoms with Crippen molar-refractivity contribution in [2.24, 2.45) is 0 Å². The highest BCUT2D eigenvalue weighted by molar-refractivity contribution is 7.59. The van der Waals surface area contributed by atoms with Gasteiger partial charge in [-0.3, -0.25) is 14.2 Å². The summed E-state index contributed by atoms with van der Waals surface area (Å²) in [7, 11) is -4.08. The highest BCUT2D eigenvalue weighted by Gasteiger charge is 2.40. The largest absolute Gasteiger partial charge is 0.481 e. The summed E-state index contributed by atoms with van der Waals surface area (Å²) in [4.78, 5) is 34.9. The SMILES string of the molecule is O=C(O)C(Cc1ccco1)P(=O)(O)CN1CCCCCC1=O. The van der Waals surface area contributed by atoms with Crippen molar-refractivity contribution in [1.29, 1.82) is 0 Å². The van der Waals surface area contributed by atoms with Crippen LogP contribution in [0.25, 0.3) is 0 Å². The van der Waals surface area contributed by atoms with Crippen molar-refractivity contribution < 1.29 is 28.6 Å². The van der Waals surface area contributed by atoms with E-state index in [9.17, 15) is 24.2 Å². The molecule has 22 heavy (non-hydrogen) atoms. The van der Waals surface area contributed by atoms with Crippen LogP contribution in [0.5, 0.6) is 0 Å². The molecule has 1 aliphatic rings. The van der Waals surface area contributed by atoms with Crippen LogP contribution in [-0.4, -0.2) is 45.3 Å². The van der Waals surface area contributed by atoms with Crippen LogP contribution < -0.4 is 0 Å². The van der Waals surface area contributed by atoms with Crippen molar-refractivity contribution in [3.8, 4) is 0 Å². The van der Waals surface area contributed by atoms with E-state index < -0.39 is 25.3 Å². The standard InChI is InChI=1S/C14H20NO6P/c16-13-6-2-1-3-7-15(13)10-22(19,20)12(14(17)18)9-11-5-4-8-21-11/h4-5,8,12H,1-3,6-7,9-10H2,(H,17,18)(H,19,20). The van der Waals surface area contributed by atoms with Gasteiger partial charge in [0.2, 0.25) is 13.3 Å². The number of rotatable bonds is 6. The predicted molar refractivity (Wildman–Crippen MR) is 78.7 cm³/mol. The molecule has 0 aromatic carbocycles. The van der Waals surface area contributed by atoms with Gasteiger partial charge in [0.15, 0.2) is 0 Å². The van der Waals surface area contributed by atoms with Crippen molar-refractivity contribution in [3.05, 3.63) is 24.2 Å². The van der Waals surface area contributed by atoms with Crippen molar-refractivity contribution in [3.63, 3.8) is 0 Å². The van der Waals surface area contributed by atoms with Gasteiger partial charge in [0.25, 0.3) is 0 Å². The maximum atomic E-state index is 12.5. The summed E-state index contributed by atoms with van der Waals surface area (Å²) in [6.07, 6.45) is 3.57. The Balaban J connectivity index is 2.12. The minimum Gasteiger partial charge on any atom is -0.481 e. The van der Waals surface area contributed by atoms with Gasteiger partial charge in [0.1, 0.15) is 11.4 Å². The van der Waals surface area contributed by atoms with E-state index in [1.807, 2.05) is 0 Å². The Morgan fingerprint density at radius 1 is 1.41 bits per heavy atom. The van der Waals surface area contributed by atoms with E-state index in [1.54, 1.807) is 12.1 Å². The first kappa shape index (κ1) is 16.8. The van der Waals surface area contributed by atoms with Crippen molar-refractivity contribution in [2.75, 3.05) is 12.8 Å². The Hall–Kier alpha value is -1.59. The molecule has 0 spiro atoms. The topological polar surface area (TPSA) is 108 Å². The molecule has 1 saturated heterocycles. The second-order valence-corrected chi connectivity index (χ2v) is 7.92. The highest BCUT2D eigenvalue weighted by Crippen LogP contribution is 2.48. The monoisotopic (exact) mass is 329 g/mol.